The van der Waals surface area contributed by atoms with Crippen LogP contribution in [0.3, 0.4) is 0 Å². The number of hydrogen-bond donors (Lipinski definition) is 1. The molecule has 1 saturated heterocycles. The number of para-hydroxylation sites is 1. The molecule has 0 amide bonds. The lowest BCUT2D eigenvalue weighted by atomic mass is 10.1. The second kappa shape index (κ2) is 5.20. The Balaban J connectivity index is 1.97. The first-order valence-corrected chi connectivity index (χ1v) is 7.00. The van der Waals surface area contributed by atoms with Gasteiger partial charge in [-0.2, -0.15) is 0 Å². The summed E-state index contributed by atoms with van der Waals surface area (Å²) in [7, 11) is 0. The molecule has 1 N–H and O–H groups in total. The number of hydrogen-bond acceptors (Lipinski definition) is 4. The average Bonchev–Trinajstić information content (AvgIpc) is 3.06. The molecule has 0 spiro atoms. The van der Waals surface area contributed by atoms with Crippen LogP contribution in [0.4, 0.5) is 0 Å². The molecule has 0 saturated carbocycles. The van der Waals surface area contributed by atoms with Crippen molar-refractivity contribution in [2.45, 2.75) is 32.4 Å². The van der Waals surface area contributed by atoms with E-state index in [0.717, 1.165) is 19.5 Å². The summed E-state index contributed by atoms with van der Waals surface area (Å²) in [6.07, 6.45) is 2.32. The van der Waals surface area contributed by atoms with Crippen molar-refractivity contribution in [2.24, 2.45) is 0 Å². The van der Waals surface area contributed by atoms with Gasteiger partial charge in [-0.1, -0.05) is 18.2 Å². The number of carboxylic acid groups (broad SMARTS) is 1. The molecule has 0 radical (unpaired) electrons. The fourth-order valence-corrected chi connectivity index (χ4v) is 3.05. The van der Waals surface area contributed by atoms with Gasteiger partial charge in [0.2, 0.25) is 0 Å². The lowest BCUT2D eigenvalue weighted by Gasteiger charge is -2.22. The topological polar surface area (TPSA) is 71.2 Å². The molecule has 6 nitrogen and oxygen atoms in total. The first kappa shape index (κ1) is 13.1. The molecule has 1 fully saturated rings. The highest BCUT2D eigenvalue weighted by molar-refractivity contribution is 6.00. The highest BCUT2D eigenvalue weighted by Crippen LogP contribution is 2.22. The largest absolute Gasteiger partial charge is 0.478 e. The molecule has 106 valence electrons. The Morgan fingerprint density at radius 2 is 2.35 bits per heavy atom. The lowest BCUT2D eigenvalue weighted by molar-refractivity contribution is 0.0698. The zero-order valence-corrected chi connectivity index (χ0v) is 11.5. The quantitative estimate of drug-likeness (QED) is 0.917. The molecule has 6 heteroatoms. The monoisotopic (exact) mass is 274 g/mol. The van der Waals surface area contributed by atoms with E-state index in [1.165, 1.54) is 6.42 Å². The van der Waals surface area contributed by atoms with Crippen molar-refractivity contribution < 1.29 is 9.90 Å². The second-order valence-electron chi connectivity index (χ2n) is 5.17. The Morgan fingerprint density at radius 1 is 1.50 bits per heavy atom. The Labute approximate surface area is 117 Å². The molecule has 1 aromatic carbocycles. The maximum Gasteiger partial charge on any atom is 0.337 e. The van der Waals surface area contributed by atoms with Crippen LogP contribution in [0.15, 0.2) is 18.2 Å². The standard InChI is InChI=1S/C14H18N4O2/c1-2-17-8-4-5-10(17)9-18-13-11(14(19)20)6-3-7-12(13)15-16-18/h3,6-7,10H,2,4-5,8-9H2,1H3,(H,19,20). The number of likely N-dealkylation sites (tertiary alicyclic amines) is 1. The molecule has 1 atom stereocenters. The Hall–Kier alpha value is -1.95. The van der Waals surface area contributed by atoms with Crippen molar-refractivity contribution in [3.8, 4) is 0 Å². The van der Waals surface area contributed by atoms with Gasteiger partial charge in [0.05, 0.1) is 12.1 Å². The number of carboxylic acids is 1. The fraction of sp³-hybridized carbons (Fsp3) is 0.500. The van der Waals surface area contributed by atoms with Crippen molar-refractivity contribution in [3.63, 3.8) is 0 Å². The second-order valence-corrected chi connectivity index (χ2v) is 5.17. The molecular weight excluding hydrogens is 256 g/mol. The van der Waals surface area contributed by atoms with Crippen LogP contribution in [-0.2, 0) is 6.54 Å². The van der Waals surface area contributed by atoms with Crippen LogP contribution >= 0.6 is 0 Å². The van der Waals surface area contributed by atoms with Gasteiger partial charge in [-0.05, 0) is 38.1 Å². The predicted octanol–water partition coefficient (Wildman–Crippen LogP) is 1.61. The summed E-state index contributed by atoms with van der Waals surface area (Å²) < 4.78 is 1.75. The van der Waals surface area contributed by atoms with E-state index < -0.39 is 5.97 Å². The first-order valence-electron chi connectivity index (χ1n) is 7.00. The number of rotatable bonds is 4. The van der Waals surface area contributed by atoms with Crippen molar-refractivity contribution in [1.82, 2.24) is 19.9 Å². The van der Waals surface area contributed by atoms with Gasteiger partial charge in [0, 0.05) is 6.04 Å². The highest BCUT2D eigenvalue weighted by atomic mass is 16.4. The zero-order valence-electron chi connectivity index (χ0n) is 11.5. The highest BCUT2D eigenvalue weighted by Gasteiger charge is 2.25. The van der Waals surface area contributed by atoms with Crippen molar-refractivity contribution in [2.75, 3.05) is 13.1 Å². The summed E-state index contributed by atoms with van der Waals surface area (Å²) in [6, 6.07) is 5.54. The number of nitrogens with zero attached hydrogens (tertiary/aromatic N) is 4. The SMILES string of the molecule is CCN1CCCC1Cn1nnc2cccc(C(=O)O)c21. The number of aromatic nitrogens is 3. The van der Waals surface area contributed by atoms with Crippen LogP contribution < -0.4 is 0 Å². The molecule has 1 aliphatic rings. The Bertz CT molecular complexity index is 637. The first-order chi connectivity index (χ1) is 9.70. The summed E-state index contributed by atoms with van der Waals surface area (Å²) in [5.41, 5.74) is 1.54. The minimum atomic E-state index is -0.932. The predicted molar refractivity (Wildman–Crippen MR) is 74.8 cm³/mol. The molecule has 20 heavy (non-hydrogen) atoms. The maximum atomic E-state index is 11.3. The van der Waals surface area contributed by atoms with E-state index >= 15 is 0 Å². The molecule has 3 rings (SSSR count). The molecule has 0 bridgehead atoms. The minimum absolute atomic E-state index is 0.272. The van der Waals surface area contributed by atoms with Crippen LogP contribution in [0.5, 0.6) is 0 Å². The van der Waals surface area contributed by atoms with E-state index in [0.29, 0.717) is 23.6 Å². The van der Waals surface area contributed by atoms with E-state index in [9.17, 15) is 9.90 Å². The Morgan fingerprint density at radius 3 is 3.10 bits per heavy atom. The van der Waals surface area contributed by atoms with Crippen LogP contribution in [-0.4, -0.2) is 50.1 Å². The van der Waals surface area contributed by atoms with Gasteiger partial charge in [-0.25, -0.2) is 9.48 Å². The van der Waals surface area contributed by atoms with E-state index in [1.807, 2.05) is 0 Å². The number of fused-ring (bicyclic) bond motifs is 1. The summed E-state index contributed by atoms with van der Waals surface area (Å²) in [5, 5.41) is 17.5. The smallest absolute Gasteiger partial charge is 0.337 e. The molecule has 2 heterocycles. The van der Waals surface area contributed by atoms with E-state index in [-0.39, 0.29) is 5.56 Å². The van der Waals surface area contributed by atoms with Crippen LogP contribution in [0.1, 0.15) is 30.1 Å². The van der Waals surface area contributed by atoms with Gasteiger partial charge in [0.15, 0.2) is 0 Å². The van der Waals surface area contributed by atoms with Gasteiger partial charge < -0.3 is 5.11 Å². The Kier molecular flexibility index (Phi) is 3.40. The van der Waals surface area contributed by atoms with Crippen molar-refractivity contribution in [3.05, 3.63) is 23.8 Å². The van der Waals surface area contributed by atoms with Gasteiger partial charge in [0.25, 0.3) is 0 Å². The maximum absolute atomic E-state index is 11.3. The third kappa shape index (κ3) is 2.16. The minimum Gasteiger partial charge on any atom is -0.478 e. The molecular formula is C14H18N4O2. The normalized spacial score (nSPS) is 19.8. The van der Waals surface area contributed by atoms with Crippen molar-refractivity contribution in [1.29, 1.82) is 0 Å². The molecule has 1 unspecified atom stereocenters. The van der Waals surface area contributed by atoms with Crippen LogP contribution in [0, 0.1) is 0 Å². The number of aromatic carboxylic acids is 1. The zero-order chi connectivity index (χ0) is 14.1. The van der Waals surface area contributed by atoms with E-state index in [4.69, 9.17) is 0 Å². The number of likely N-dealkylation sites (N-methyl/N-ethyl adjacent to an activating group) is 1. The van der Waals surface area contributed by atoms with Gasteiger partial charge in [-0.15, -0.1) is 5.10 Å². The van der Waals surface area contributed by atoms with E-state index in [1.54, 1.807) is 22.9 Å². The summed E-state index contributed by atoms with van der Waals surface area (Å²) in [4.78, 5) is 13.8. The molecule has 2 aromatic rings. The van der Waals surface area contributed by atoms with Gasteiger partial charge >= 0.3 is 5.97 Å². The summed E-state index contributed by atoms with van der Waals surface area (Å²) in [6.45, 7) is 4.98. The van der Waals surface area contributed by atoms with E-state index in [2.05, 4.69) is 22.1 Å². The van der Waals surface area contributed by atoms with Gasteiger partial charge in [-0.3, -0.25) is 4.90 Å². The summed E-state index contributed by atoms with van der Waals surface area (Å²) in [5.74, 6) is -0.932. The van der Waals surface area contributed by atoms with Gasteiger partial charge in [0.1, 0.15) is 11.0 Å². The number of carbonyl (C=O) groups is 1. The molecule has 0 aliphatic carbocycles. The third-order valence-electron chi connectivity index (χ3n) is 4.05. The van der Waals surface area contributed by atoms with Crippen LogP contribution in [0.2, 0.25) is 0 Å². The molecule has 1 aliphatic heterocycles. The number of benzene rings is 1. The fourth-order valence-electron chi connectivity index (χ4n) is 3.05. The van der Waals surface area contributed by atoms with Crippen molar-refractivity contribution >= 4 is 17.0 Å². The summed E-state index contributed by atoms with van der Waals surface area (Å²) >= 11 is 0. The van der Waals surface area contributed by atoms with Crippen LogP contribution in [0.25, 0.3) is 11.0 Å². The molecule has 1 aromatic heterocycles. The average molecular weight is 274 g/mol. The third-order valence-corrected chi connectivity index (χ3v) is 4.05. The lowest BCUT2D eigenvalue weighted by Crippen LogP contribution is -2.33.